The van der Waals surface area contributed by atoms with E-state index < -0.39 is 17.3 Å². The molecule has 1 atom stereocenters. The van der Waals surface area contributed by atoms with Crippen LogP contribution in [-0.4, -0.2) is 59.3 Å². The molecule has 10 heteroatoms. The Labute approximate surface area is 260 Å². The van der Waals surface area contributed by atoms with Gasteiger partial charge in [-0.05, 0) is 76.5 Å². The topological polar surface area (TPSA) is 99.7 Å². The van der Waals surface area contributed by atoms with Gasteiger partial charge in [0.2, 0.25) is 12.4 Å². The fourth-order valence-corrected chi connectivity index (χ4v) is 4.70. The number of amides is 1. The molecule has 8 nitrogen and oxygen atoms in total. The number of carbonyl (C=O) groups excluding carboxylic acids is 1. The number of allylic oxidation sites excluding steroid dienone is 1. The Kier molecular flexibility index (Phi) is 12.5. The molecule has 0 spiro atoms. The number of aliphatic imine (C=N–C) groups is 1. The fourth-order valence-electron chi connectivity index (χ4n) is 4.70. The average Bonchev–Trinajstić information content (AvgIpc) is 3.00. The molecule has 1 heterocycles. The van der Waals surface area contributed by atoms with Crippen LogP contribution in [0.2, 0.25) is 0 Å². The molecule has 0 aliphatic heterocycles. The van der Waals surface area contributed by atoms with Crippen LogP contribution >= 0.6 is 0 Å². The van der Waals surface area contributed by atoms with E-state index in [0.717, 1.165) is 54.2 Å². The molecule has 0 unspecified atom stereocenters. The SMILES string of the molecule is C/C=C\c1c(-c2cc(C(N)=N[C@@H](C)C(C)C)ccc2C)nc(NCCCN(CC)CC)nc1N(C=O)c1c(F)cccc1F. The Morgan fingerprint density at radius 1 is 1.09 bits per heavy atom. The number of nitrogens with one attached hydrogen (secondary N) is 1. The highest BCUT2D eigenvalue weighted by Crippen LogP contribution is 2.37. The minimum atomic E-state index is -0.890. The summed E-state index contributed by atoms with van der Waals surface area (Å²) in [6.07, 6.45) is 4.69. The predicted molar refractivity (Wildman–Crippen MR) is 177 cm³/mol. The third kappa shape index (κ3) is 8.25. The Morgan fingerprint density at radius 3 is 2.36 bits per heavy atom. The number of carbonyl (C=O) groups is 1. The zero-order valence-electron chi connectivity index (χ0n) is 26.9. The number of hydrogen-bond acceptors (Lipinski definition) is 6. The van der Waals surface area contributed by atoms with Crippen molar-refractivity contribution in [2.45, 2.75) is 60.9 Å². The van der Waals surface area contributed by atoms with E-state index >= 15 is 8.78 Å². The Hall–Kier alpha value is -4.18. The van der Waals surface area contributed by atoms with Gasteiger partial charge in [0.25, 0.3) is 0 Å². The molecule has 1 amide bonds. The third-order valence-electron chi connectivity index (χ3n) is 7.70. The lowest BCUT2D eigenvalue weighted by atomic mass is 9.97. The summed E-state index contributed by atoms with van der Waals surface area (Å²) in [7, 11) is 0. The van der Waals surface area contributed by atoms with Crippen LogP contribution in [0.3, 0.4) is 0 Å². The number of benzene rings is 2. The van der Waals surface area contributed by atoms with Crippen molar-refractivity contribution in [3.05, 3.63) is 70.8 Å². The molecule has 44 heavy (non-hydrogen) atoms. The molecule has 0 fully saturated rings. The molecule has 2 aromatic carbocycles. The van der Waals surface area contributed by atoms with Gasteiger partial charge in [0.1, 0.15) is 23.2 Å². The molecule has 3 rings (SSSR count). The highest BCUT2D eigenvalue weighted by atomic mass is 19.1. The first-order valence-corrected chi connectivity index (χ1v) is 15.2. The first kappa shape index (κ1) is 34.3. The molecular weight excluding hydrogens is 560 g/mol. The molecule has 0 bridgehead atoms. The number of nitrogens with zero attached hydrogens (tertiary/aromatic N) is 5. The monoisotopic (exact) mass is 605 g/mol. The van der Waals surface area contributed by atoms with Crippen LogP contribution in [0.15, 0.2) is 47.5 Å². The summed E-state index contributed by atoms with van der Waals surface area (Å²) in [6, 6.07) is 9.21. The van der Waals surface area contributed by atoms with Crippen molar-refractivity contribution in [3.8, 4) is 11.3 Å². The van der Waals surface area contributed by atoms with Crippen molar-refractivity contribution in [2.24, 2.45) is 16.6 Å². The maximum atomic E-state index is 15.0. The van der Waals surface area contributed by atoms with E-state index in [-0.39, 0.29) is 17.8 Å². The van der Waals surface area contributed by atoms with E-state index in [9.17, 15) is 4.79 Å². The summed E-state index contributed by atoms with van der Waals surface area (Å²) in [5, 5.41) is 3.27. The van der Waals surface area contributed by atoms with Crippen LogP contribution < -0.4 is 16.0 Å². The van der Waals surface area contributed by atoms with Crippen molar-refractivity contribution >= 4 is 35.8 Å². The van der Waals surface area contributed by atoms with Crippen molar-refractivity contribution < 1.29 is 13.6 Å². The molecule has 0 saturated heterocycles. The lowest BCUT2D eigenvalue weighted by molar-refractivity contribution is -0.106. The van der Waals surface area contributed by atoms with Crippen LogP contribution in [0.25, 0.3) is 17.3 Å². The molecule has 0 aliphatic rings. The summed E-state index contributed by atoms with van der Waals surface area (Å²) in [5.74, 6) is -0.804. The average molecular weight is 606 g/mol. The van der Waals surface area contributed by atoms with E-state index in [0.29, 0.717) is 41.5 Å². The Balaban J connectivity index is 2.25. The molecule has 3 N–H and O–H groups in total. The number of rotatable bonds is 15. The van der Waals surface area contributed by atoms with Gasteiger partial charge < -0.3 is 16.0 Å². The zero-order valence-corrected chi connectivity index (χ0v) is 26.9. The van der Waals surface area contributed by atoms with Crippen LogP contribution in [0.4, 0.5) is 26.2 Å². The molecular formula is C34H45F2N7O. The summed E-state index contributed by atoms with van der Waals surface area (Å²) in [6.45, 7) is 17.5. The van der Waals surface area contributed by atoms with Gasteiger partial charge in [-0.2, -0.15) is 4.98 Å². The molecule has 236 valence electrons. The minimum absolute atomic E-state index is 0.0212. The quantitative estimate of drug-likeness (QED) is 0.0842. The lowest BCUT2D eigenvalue weighted by Crippen LogP contribution is -2.26. The van der Waals surface area contributed by atoms with Gasteiger partial charge in [-0.15, -0.1) is 0 Å². The van der Waals surface area contributed by atoms with Crippen molar-refractivity contribution in [1.29, 1.82) is 0 Å². The molecule has 1 aromatic heterocycles. The summed E-state index contributed by atoms with van der Waals surface area (Å²) in [5.41, 5.74) is 9.14. The van der Waals surface area contributed by atoms with E-state index in [2.05, 4.69) is 47.9 Å². The van der Waals surface area contributed by atoms with Crippen LogP contribution in [-0.2, 0) is 4.79 Å². The number of aryl methyl sites for hydroxylation is 1. The number of aromatic nitrogens is 2. The standard InChI is InChI=1S/C34H45F2N7O/c1-8-13-26-30(27-20-25(17-16-23(27)6)32(37)39-24(7)22(4)5)40-34(38-18-12-19-42(9-2)10-3)41-33(26)43(21-44)31-28(35)14-11-15-29(31)36/h8,11,13-17,20-22,24H,9-10,12,18-19H2,1-7H3,(H2,37,39)(H,38,40,41)/b13-8-/t24-/m0/s1. The fraction of sp³-hybridized carbons (Fsp3) is 0.412. The van der Waals surface area contributed by atoms with E-state index in [4.69, 9.17) is 10.7 Å². The van der Waals surface area contributed by atoms with Gasteiger partial charge in [-0.1, -0.05) is 58.0 Å². The number of halogens is 2. The lowest BCUT2D eigenvalue weighted by Gasteiger charge is -2.23. The third-order valence-corrected chi connectivity index (χ3v) is 7.70. The first-order valence-electron chi connectivity index (χ1n) is 15.2. The van der Waals surface area contributed by atoms with Crippen molar-refractivity contribution in [3.63, 3.8) is 0 Å². The molecule has 0 aliphatic carbocycles. The van der Waals surface area contributed by atoms with Gasteiger partial charge in [-0.3, -0.25) is 14.7 Å². The van der Waals surface area contributed by atoms with E-state index in [1.807, 2.05) is 39.0 Å². The Morgan fingerprint density at radius 2 is 1.77 bits per heavy atom. The molecule has 0 saturated carbocycles. The minimum Gasteiger partial charge on any atom is -0.383 e. The number of nitrogens with two attached hydrogens (primary N) is 1. The van der Waals surface area contributed by atoms with Gasteiger partial charge in [0.05, 0.1) is 11.7 Å². The van der Waals surface area contributed by atoms with Gasteiger partial charge in [0, 0.05) is 23.2 Å². The second kappa shape index (κ2) is 16.0. The Bertz CT molecular complexity index is 1460. The zero-order chi connectivity index (χ0) is 32.4. The maximum Gasteiger partial charge on any atom is 0.225 e. The predicted octanol–water partition coefficient (Wildman–Crippen LogP) is 6.95. The van der Waals surface area contributed by atoms with E-state index in [1.165, 1.54) is 6.07 Å². The second-order valence-electron chi connectivity index (χ2n) is 11.0. The number of hydrogen-bond donors (Lipinski definition) is 2. The highest BCUT2D eigenvalue weighted by molar-refractivity contribution is 5.99. The summed E-state index contributed by atoms with van der Waals surface area (Å²) >= 11 is 0. The summed E-state index contributed by atoms with van der Waals surface area (Å²) in [4.78, 5) is 30.0. The molecule has 3 aromatic rings. The van der Waals surface area contributed by atoms with Gasteiger partial charge in [0.15, 0.2) is 5.82 Å². The van der Waals surface area contributed by atoms with Crippen LogP contribution in [0.5, 0.6) is 0 Å². The summed E-state index contributed by atoms with van der Waals surface area (Å²) < 4.78 is 30.0. The number of para-hydroxylation sites is 1. The highest BCUT2D eigenvalue weighted by Gasteiger charge is 2.25. The number of anilines is 3. The normalized spacial score (nSPS) is 12.8. The smallest absolute Gasteiger partial charge is 0.225 e. The first-order chi connectivity index (χ1) is 21.1. The largest absolute Gasteiger partial charge is 0.383 e. The van der Waals surface area contributed by atoms with Crippen molar-refractivity contribution in [1.82, 2.24) is 14.9 Å². The van der Waals surface area contributed by atoms with E-state index in [1.54, 1.807) is 12.2 Å². The van der Waals surface area contributed by atoms with Gasteiger partial charge >= 0.3 is 0 Å². The maximum absolute atomic E-state index is 15.0. The molecule has 0 radical (unpaired) electrons. The van der Waals surface area contributed by atoms with Crippen LogP contribution in [0.1, 0.15) is 64.7 Å². The van der Waals surface area contributed by atoms with Gasteiger partial charge in [-0.25, -0.2) is 13.8 Å². The van der Waals surface area contributed by atoms with Crippen LogP contribution in [0, 0.1) is 24.5 Å². The second-order valence-corrected chi connectivity index (χ2v) is 11.0. The van der Waals surface area contributed by atoms with Crippen molar-refractivity contribution in [2.75, 3.05) is 36.4 Å². The number of amidine groups is 1.